The Morgan fingerprint density at radius 3 is 2.65 bits per heavy atom. The van der Waals surface area contributed by atoms with Crippen molar-refractivity contribution in [1.82, 2.24) is 15.1 Å². The Bertz CT molecular complexity index is 629. The molecule has 1 N–H and O–H groups in total. The van der Waals surface area contributed by atoms with Gasteiger partial charge in [0.25, 0.3) is 5.91 Å². The molecule has 1 aliphatic rings. The molecule has 4 nitrogen and oxygen atoms in total. The van der Waals surface area contributed by atoms with Crippen molar-refractivity contribution in [2.45, 2.75) is 18.3 Å². The normalized spacial score (nSPS) is 15.9. The molecule has 1 aromatic carbocycles. The number of nitrogens with zero attached hydrogens (tertiary/aromatic N) is 2. The van der Waals surface area contributed by atoms with E-state index in [1.165, 1.54) is 12.1 Å². The smallest absolute Gasteiger partial charge is 0.254 e. The van der Waals surface area contributed by atoms with E-state index < -0.39 is 0 Å². The lowest BCUT2D eigenvalue weighted by Gasteiger charge is -2.16. The molecule has 1 aliphatic carbocycles. The molecule has 0 aliphatic heterocycles. The first-order chi connectivity index (χ1) is 9.59. The molecule has 0 atom stereocenters. The third kappa shape index (κ3) is 2.43. The predicted molar refractivity (Wildman–Crippen MR) is 72.9 cm³/mol. The van der Waals surface area contributed by atoms with E-state index in [0.29, 0.717) is 12.1 Å². The molecule has 0 radical (unpaired) electrons. The number of halogens is 1. The van der Waals surface area contributed by atoms with Crippen LogP contribution in [0, 0.1) is 5.82 Å². The molecule has 1 fully saturated rings. The summed E-state index contributed by atoms with van der Waals surface area (Å²) in [6.45, 7) is 0.576. The summed E-state index contributed by atoms with van der Waals surface area (Å²) < 4.78 is 14.6. The van der Waals surface area contributed by atoms with E-state index in [0.717, 1.165) is 18.4 Å². The quantitative estimate of drug-likeness (QED) is 0.926. The second-order valence-corrected chi connectivity index (χ2v) is 5.37. The lowest BCUT2D eigenvalue weighted by atomic mass is 9.96. The molecule has 1 amide bonds. The number of aromatic nitrogens is 2. The molecule has 2 aromatic rings. The highest BCUT2D eigenvalue weighted by Gasteiger charge is 2.44. The number of nitrogens with one attached hydrogen (secondary N) is 1. The summed E-state index contributed by atoms with van der Waals surface area (Å²) in [7, 11) is 1.78. The minimum Gasteiger partial charge on any atom is -0.351 e. The zero-order valence-corrected chi connectivity index (χ0v) is 11.3. The Kier molecular flexibility index (Phi) is 3.04. The fourth-order valence-corrected chi connectivity index (χ4v) is 2.41. The summed E-state index contributed by atoms with van der Waals surface area (Å²) >= 11 is 0. The molecule has 0 saturated heterocycles. The van der Waals surface area contributed by atoms with Gasteiger partial charge in [-0.05, 0) is 30.5 Å². The molecule has 1 aromatic heterocycles. The maximum atomic E-state index is 13.0. The lowest BCUT2D eigenvalue weighted by Crippen LogP contribution is -2.32. The Hall–Kier alpha value is -2.17. The number of carbonyl (C=O) groups is 1. The zero-order chi connectivity index (χ0) is 14.2. The Balaban J connectivity index is 1.66. The van der Waals surface area contributed by atoms with Crippen LogP contribution in [0.15, 0.2) is 36.7 Å². The van der Waals surface area contributed by atoms with Crippen molar-refractivity contribution in [1.29, 1.82) is 0 Å². The van der Waals surface area contributed by atoms with E-state index in [4.69, 9.17) is 0 Å². The van der Waals surface area contributed by atoms with Crippen molar-refractivity contribution in [3.05, 3.63) is 53.6 Å². The van der Waals surface area contributed by atoms with Gasteiger partial charge in [-0.3, -0.25) is 9.48 Å². The molecule has 20 heavy (non-hydrogen) atoms. The van der Waals surface area contributed by atoms with E-state index in [9.17, 15) is 9.18 Å². The summed E-state index contributed by atoms with van der Waals surface area (Å²) in [6, 6.07) is 6.55. The van der Waals surface area contributed by atoms with E-state index >= 15 is 0 Å². The highest BCUT2D eigenvalue weighted by Crippen LogP contribution is 2.47. The van der Waals surface area contributed by atoms with Gasteiger partial charge in [-0.2, -0.15) is 5.10 Å². The van der Waals surface area contributed by atoms with Crippen molar-refractivity contribution < 1.29 is 9.18 Å². The Morgan fingerprint density at radius 2 is 2.10 bits per heavy atom. The number of hydrogen-bond donors (Lipinski definition) is 1. The molecule has 0 spiro atoms. The monoisotopic (exact) mass is 273 g/mol. The minimum absolute atomic E-state index is 0.0223. The first-order valence-electron chi connectivity index (χ1n) is 6.62. The van der Waals surface area contributed by atoms with Crippen molar-refractivity contribution in [2.24, 2.45) is 7.05 Å². The molecule has 0 unspecified atom stereocenters. The summed E-state index contributed by atoms with van der Waals surface area (Å²) in [5, 5.41) is 6.92. The van der Waals surface area contributed by atoms with Gasteiger partial charge in [0.1, 0.15) is 5.82 Å². The molecule has 5 heteroatoms. The van der Waals surface area contributed by atoms with Crippen LogP contribution >= 0.6 is 0 Å². The molecule has 3 rings (SSSR count). The fraction of sp³-hybridized carbons (Fsp3) is 0.333. The second-order valence-electron chi connectivity index (χ2n) is 5.37. The number of amides is 1. The van der Waals surface area contributed by atoms with Gasteiger partial charge in [0.15, 0.2) is 0 Å². The van der Waals surface area contributed by atoms with Crippen LogP contribution in [-0.2, 0) is 12.5 Å². The van der Waals surface area contributed by atoms with Crippen molar-refractivity contribution >= 4 is 5.91 Å². The van der Waals surface area contributed by atoms with E-state index in [-0.39, 0.29) is 17.1 Å². The lowest BCUT2D eigenvalue weighted by molar-refractivity contribution is 0.0949. The van der Waals surface area contributed by atoms with Gasteiger partial charge < -0.3 is 5.32 Å². The van der Waals surface area contributed by atoms with Crippen LogP contribution < -0.4 is 5.32 Å². The molecular weight excluding hydrogens is 257 g/mol. The molecule has 0 bridgehead atoms. The van der Waals surface area contributed by atoms with Crippen molar-refractivity contribution in [3.8, 4) is 0 Å². The van der Waals surface area contributed by atoms with Gasteiger partial charge in [0.2, 0.25) is 0 Å². The first-order valence-corrected chi connectivity index (χ1v) is 6.62. The van der Waals surface area contributed by atoms with Crippen LogP contribution in [0.4, 0.5) is 4.39 Å². The predicted octanol–water partition coefficient (Wildman–Crippen LogP) is 2.02. The molecular formula is C15H16FN3O. The SMILES string of the molecule is Cn1cc(C(=O)NCC2(c3ccc(F)cc3)CC2)cn1. The maximum Gasteiger partial charge on any atom is 0.254 e. The average molecular weight is 273 g/mol. The van der Waals surface area contributed by atoms with E-state index in [2.05, 4.69) is 10.4 Å². The topological polar surface area (TPSA) is 46.9 Å². The Labute approximate surface area is 116 Å². The summed E-state index contributed by atoms with van der Waals surface area (Å²) in [6.07, 6.45) is 5.28. The van der Waals surface area contributed by atoms with Crippen molar-refractivity contribution in [2.75, 3.05) is 6.54 Å². The number of aryl methyl sites for hydroxylation is 1. The molecule has 1 saturated carbocycles. The summed E-state index contributed by atoms with van der Waals surface area (Å²) in [4.78, 5) is 12.0. The van der Waals surface area contributed by atoms with Crippen LogP contribution in [-0.4, -0.2) is 22.2 Å². The minimum atomic E-state index is -0.232. The van der Waals surface area contributed by atoms with Gasteiger partial charge in [-0.25, -0.2) is 4.39 Å². The summed E-state index contributed by atoms with van der Waals surface area (Å²) in [5.41, 5.74) is 1.62. The standard InChI is InChI=1S/C15H16FN3O/c1-19-9-11(8-18-19)14(20)17-10-15(6-7-15)12-2-4-13(16)5-3-12/h2-5,8-9H,6-7,10H2,1H3,(H,17,20). The number of rotatable bonds is 4. The largest absolute Gasteiger partial charge is 0.351 e. The average Bonchev–Trinajstić information content (AvgIpc) is 3.11. The van der Waals surface area contributed by atoms with Crippen LogP contribution in [0.25, 0.3) is 0 Å². The number of hydrogen-bond acceptors (Lipinski definition) is 2. The highest BCUT2D eigenvalue weighted by molar-refractivity contribution is 5.93. The summed E-state index contributed by atoms with van der Waals surface area (Å²) in [5.74, 6) is -0.351. The zero-order valence-electron chi connectivity index (χ0n) is 11.3. The third-order valence-electron chi connectivity index (χ3n) is 3.86. The van der Waals surface area contributed by atoms with Crippen LogP contribution in [0.2, 0.25) is 0 Å². The number of carbonyl (C=O) groups excluding carboxylic acids is 1. The second kappa shape index (κ2) is 4.74. The van der Waals surface area contributed by atoms with Crippen molar-refractivity contribution in [3.63, 3.8) is 0 Å². The van der Waals surface area contributed by atoms with E-state index in [1.54, 1.807) is 36.3 Å². The maximum absolute atomic E-state index is 13.0. The van der Waals surface area contributed by atoms with Gasteiger partial charge in [0, 0.05) is 25.2 Å². The van der Waals surface area contributed by atoms with Gasteiger partial charge in [-0.1, -0.05) is 12.1 Å². The Morgan fingerprint density at radius 1 is 1.40 bits per heavy atom. The fourth-order valence-electron chi connectivity index (χ4n) is 2.41. The van der Waals surface area contributed by atoms with Gasteiger partial charge >= 0.3 is 0 Å². The number of benzene rings is 1. The van der Waals surface area contributed by atoms with Gasteiger partial charge in [0.05, 0.1) is 11.8 Å². The van der Waals surface area contributed by atoms with E-state index in [1.807, 2.05) is 0 Å². The van der Waals surface area contributed by atoms with Gasteiger partial charge in [-0.15, -0.1) is 0 Å². The van der Waals surface area contributed by atoms with Crippen LogP contribution in [0.3, 0.4) is 0 Å². The highest BCUT2D eigenvalue weighted by atomic mass is 19.1. The van der Waals surface area contributed by atoms with Crippen LogP contribution in [0.5, 0.6) is 0 Å². The third-order valence-corrected chi connectivity index (χ3v) is 3.86. The molecule has 1 heterocycles. The molecule has 104 valence electrons. The van der Waals surface area contributed by atoms with Crippen LogP contribution in [0.1, 0.15) is 28.8 Å². The first kappa shape index (κ1) is 12.8.